The van der Waals surface area contributed by atoms with Gasteiger partial charge in [-0.25, -0.2) is 0 Å². The molecule has 188 valence electrons. The molecule has 0 radical (unpaired) electrons. The number of nitrogens with zero attached hydrogens (tertiary/aromatic N) is 2. The summed E-state index contributed by atoms with van der Waals surface area (Å²) in [6, 6.07) is 1.96. The lowest BCUT2D eigenvalue weighted by atomic mass is 9.45. The molecule has 1 aromatic heterocycles. The van der Waals surface area contributed by atoms with Gasteiger partial charge < -0.3 is 15.1 Å². The summed E-state index contributed by atoms with van der Waals surface area (Å²) in [5.41, 5.74) is 1.93. The van der Waals surface area contributed by atoms with Crippen LogP contribution in [0.1, 0.15) is 58.4 Å². The van der Waals surface area contributed by atoms with Crippen LogP contribution in [0.4, 0.5) is 0 Å². The third-order valence-electron chi connectivity index (χ3n) is 10.0. The van der Waals surface area contributed by atoms with Crippen molar-refractivity contribution in [3.8, 4) is 0 Å². The third-order valence-corrected chi connectivity index (χ3v) is 10.5. The van der Waals surface area contributed by atoms with E-state index in [2.05, 4.69) is 52.1 Å². The molecule has 0 amide bonds. The van der Waals surface area contributed by atoms with Gasteiger partial charge in [-0.2, -0.15) is 0 Å². The van der Waals surface area contributed by atoms with Gasteiger partial charge in [0, 0.05) is 39.2 Å². The van der Waals surface area contributed by atoms with E-state index < -0.39 is 18.1 Å². The molecule has 0 saturated heterocycles. The molecule has 35 heavy (non-hydrogen) atoms. The number of rotatable bonds is 5. The van der Waals surface area contributed by atoms with Crippen LogP contribution in [-0.4, -0.2) is 39.4 Å². The normalized spacial score (nSPS) is 41.1. The fourth-order valence-electron chi connectivity index (χ4n) is 7.98. The Morgan fingerprint density at radius 3 is 2.83 bits per heavy atom. The fourth-order valence-corrected chi connectivity index (χ4v) is 8.40. The van der Waals surface area contributed by atoms with Crippen molar-refractivity contribution in [1.82, 2.24) is 4.98 Å². The van der Waals surface area contributed by atoms with Crippen molar-refractivity contribution in [2.75, 3.05) is 6.61 Å². The standard InChI is InChI=1S/C28H35BrN2O4/c1-26-8-6-20(31-35-16-17-10-19(29)14-30-13-17)11-18(26)4-5-21-22-7-9-27(2,24(34)15-32)28(22,3)12-23(33)25(21)26/h6,8,10-11,13-14,21-23,25,32-33H,4-5,7,9,12,15-16H2,1-3H3/b31-20+/t21?,22?,23?,25?,26?,27-,28?/m1/s1. The Morgan fingerprint density at radius 1 is 1.29 bits per heavy atom. The van der Waals surface area contributed by atoms with Crippen LogP contribution in [0.3, 0.4) is 0 Å². The van der Waals surface area contributed by atoms with Crippen molar-refractivity contribution < 1.29 is 19.8 Å². The van der Waals surface area contributed by atoms with Crippen LogP contribution in [0.25, 0.3) is 0 Å². The first-order valence-corrected chi connectivity index (χ1v) is 13.4. The average Bonchev–Trinajstić information content (AvgIpc) is 3.09. The van der Waals surface area contributed by atoms with Crippen LogP contribution in [0, 0.1) is 34.0 Å². The maximum absolute atomic E-state index is 12.8. The van der Waals surface area contributed by atoms with Gasteiger partial charge in [0.25, 0.3) is 0 Å². The Bertz CT molecular complexity index is 1120. The van der Waals surface area contributed by atoms with Gasteiger partial charge in [-0.1, -0.05) is 37.6 Å². The fraction of sp³-hybridized carbons (Fsp3) is 0.607. The zero-order chi connectivity index (χ0) is 25.0. The van der Waals surface area contributed by atoms with Crippen LogP contribution >= 0.6 is 15.9 Å². The van der Waals surface area contributed by atoms with Gasteiger partial charge in [0.1, 0.15) is 18.9 Å². The first-order valence-electron chi connectivity index (χ1n) is 12.6. The van der Waals surface area contributed by atoms with E-state index in [1.54, 1.807) is 12.4 Å². The number of pyridine rings is 1. The maximum atomic E-state index is 12.8. The van der Waals surface area contributed by atoms with Gasteiger partial charge in [0.05, 0.1) is 6.10 Å². The van der Waals surface area contributed by atoms with Crippen LogP contribution in [-0.2, 0) is 16.2 Å². The number of hydrogen-bond acceptors (Lipinski definition) is 6. The Balaban J connectivity index is 1.36. The van der Waals surface area contributed by atoms with Crippen molar-refractivity contribution in [3.63, 3.8) is 0 Å². The highest BCUT2D eigenvalue weighted by Gasteiger charge is 2.66. The molecule has 3 saturated carbocycles. The second kappa shape index (κ2) is 8.93. The Hall–Kier alpha value is -1.83. The molecule has 0 spiro atoms. The number of ketones is 1. The van der Waals surface area contributed by atoms with E-state index in [-0.39, 0.29) is 22.5 Å². The zero-order valence-corrected chi connectivity index (χ0v) is 22.3. The van der Waals surface area contributed by atoms with Crippen LogP contribution in [0.5, 0.6) is 0 Å². The molecule has 6 nitrogen and oxygen atoms in total. The van der Waals surface area contributed by atoms with Gasteiger partial charge >= 0.3 is 0 Å². The molecule has 5 rings (SSSR count). The number of Topliss-reactive ketones (excluding diaryl/α,β-unsaturated/α-hetero) is 1. The molecule has 6 unspecified atom stereocenters. The van der Waals surface area contributed by atoms with E-state index in [1.807, 2.05) is 19.1 Å². The van der Waals surface area contributed by atoms with E-state index in [0.29, 0.717) is 24.9 Å². The minimum atomic E-state index is -0.571. The number of aliphatic hydroxyl groups is 2. The van der Waals surface area contributed by atoms with E-state index in [0.717, 1.165) is 41.4 Å². The molecule has 4 aliphatic carbocycles. The molecule has 2 N–H and O–H groups in total. The molecule has 4 aliphatic rings. The molecule has 7 atom stereocenters. The van der Waals surface area contributed by atoms with Crippen molar-refractivity contribution >= 4 is 27.4 Å². The lowest BCUT2D eigenvalue weighted by Crippen LogP contribution is -2.58. The van der Waals surface area contributed by atoms with Gasteiger partial charge in [-0.05, 0) is 83.5 Å². The predicted molar refractivity (Wildman–Crippen MR) is 137 cm³/mol. The summed E-state index contributed by atoms with van der Waals surface area (Å²) in [7, 11) is 0. The molecular weight excluding hydrogens is 508 g/mol. The summed E-state index contributed by atoms with van der Waals surface area (Å²) in [6.45, 7) is 6.38. The molecule has 0 aromatic carbocycles. The SMILES string of the molecule is CC12C=C/C(=N\OCc3cncc(Br)c3)C=C1CCC1C2C(O)CC2(C)C1CC[C@]2(C)C(=O)CO. The maximum Gasteiger partial charge on any atom is 0.164 e. The van der Waals surface area contributed by atoms with Crippen molar-refractivity contribution in [1.29, 1.82) is 0 Å². The largest absolute Gasteiger partial charge is 0.393 e. The average molecular weight is 544 g/mol. The van der Waals surface area contributed by atoms with Crippen LogP contribution in [0.15, 0.2) is 51.9 Å². The Labute approximate surface area is 215 Å². The smallest absolute Gasteiger partial charge is 0.164 e. The summed E-state index contributed by atoms with van der Waals surface area (Å²) in [4.78, 5) is 22.6. The number of aromatic nitrogens is 1. The molecule has 1 aromatic rings. The monoisotopic (exact) mass is 542 g/mol. The van der Waals surface area contributed by atoms with Gasteiger partial charge in [0.15, 0.2) is 5.78 Å². The lowest BCUT2D eigenvalue weighted by molar-refractivity contribution is -0.155. The summed E-state index contributed by atoms with van der Waals surface area (Å²) in [5, 5.41) is 25.6. The highest BCUT2D eigenvalue weighted by atomic mass is 79.9. The zero-order valence-electron chi connectivity index (χ0n) is 20.7. The number of halogens is 1. The predicted octanol–water partition coefficient (Wildman–Crippen LogP) is 4.99. The number of hydrogen-bond donors (Lipinski definition) is 2. The van der Waals surface area contributed by atoms with Crippen molar-refractivity contribution in [2.45, 2.75) is 65.6 Å². The topological polar surface area (TPSA) is 92.0 Å². The Kier molecular flexibility index (Phi) is 6.34. The second-order valence-electron chi connectivity index (χ2n) is 11.6. The molecule has 1 heterocycles. The minimum absolute atomic E-state index is 0.0761. The van der Waals surface area contributed by atoms with E-state index in [9.17, 15) is 15.0 Å². The number of allylic oxidation sites excluding steroid dienone is 4. The first-order chi connectivity index (χ1) is 16.6. The molecule has 7 heteroatoms. The van der Waals surface area contributed by atoms with Crippen molar-refractivity contribution in [2.24, 2.45) is 39.2 Å². The first kappa shape index (κ1) is 24.8. The number of aliphatic hydroxyl groups excluding tert-OH is 2. The van der Waals surface area contributed by atoms with Crippen LogP contribution < -0.4 is 0 Å². The second-order valence-corrected chi connectivity index (χ2v) is 12.5. The summed E-state index contributed by atoms with van der Waals surface area (Å²) >= 11 is 3.42. The number of carbonyl (C=O) groups excluding carboxylic acids is 1. The minimum Gasteiger partial charge on any atom is -0.393 e. The number of fused-ring (bicyclic) bond motifs is 5. The molecule has 3 fully saturated rings. The van der Waals surface area contributed by atoms with E-state index in [1.165, 1.54) is 5.57 Å². The quantitative estimate of drug-likeness (QED) is 0.511. The van der Waals surface area contributed by atoms with Gasteiger partial charge in [-0.3, -0.25) is 9.78 Å². The Morgan fingerprint density at radius 2 is 2.09 bits per heavy atom. The lowest BCUT2D eigenvalue weighted by Gasteiger charge is -2.60. The molecule has 0 bridgehead atoms. The number of carbonyl (C=O) groups is 1. The molecule has 0 aliphatic heterocycles. The highest BCUT2D eigenvalue weighted by Crippen LogP contribution is 2.69. The summed E-state index contributed by atoms with van der Waals surface area (Å²) in [5.74, 6) is 0.759. The van der Waals surface area contributed by atoms with Gasteiger partial charge in [0.2, 0.25) is 0 Å². The molecular formula is C28H35BrN2O4. The third kappa shape index (κ3) is 3.85. The van der Waals surface area contributed by atoms with E-state index in [4.69, 9.17) is 4.84 Å². The van der Waals surface area contributed by atoms with Crippen molar-refractivity contribution in [3.05, 3.63) is 52.3 Å². The highest BCUT2D eigenvalue weighted by molar-refractivity contribution is 9.10. The number of oxime groups is 1. The van der Waals surface area contributed by atoms with Gasteiger partial charge in [-0.15, -0.1) is 0 Å². The van der Waals surface area contributed by atoms with E-state index >= 15 is 0 Å². The van der Waals surface area contributed by atoms with Crippen LogP contribution in [0.2, 0.25) is 0 Å². The summed E-state index contributed by atoms with van der Waals surface area (Å²) in [6.07, 6.45) is 13.7. The summed E-state index contributed by atoms with van der Waals surface area (Å²) < 4.78 is 0.906.